The second-order valence-corrected chi connectivity index (χ2v) is 7.55. The first-order valence-corrected chi connectivity index (χ1v) is 9.60. The summed E-state index contributed by atoms with van der Waals surface area (Å²) in [5.41, 5.74) is 9.46. The third-order valence-corrected chi connectivity index (χ3v) is 5.86. The van der Waals surface area contributed by atoms with E-state index in [2.05, 4.69) is 30.2 Å². The molecule has 0 spiro atoms. The third-order valence-electron chi connectivity index (χ3n) is 5.86. The summed E-state index contributed by atoms with van der Waals surface area (Å²) in [6.07, 6.45) is 4.23. The van der Waals surface area contributed by atoms with E-state index < -0.39 is 0 Å². The molecule has 2 fully saturated rings. The van der Waals surface area contributed by atoms with E-state index in [1.807, 2.05) is 30.5 Å². The standard InChI is InChI=1S/C20H23N7O/c21-20-18(9-17(24-25-20)16-3-1-2-4-19(16)28)26-11-14-5-6-15(12-26)27(14)10-13-7-8-22-23-13/h1-4,7-9,14-15,28H,5-6,10-12H2,(H2,21,25)(H,22,23). The average molecular weight is 377 g/mol. The van der Waals surface area contributed by atoms with Crippen molar-refractivity contribution >= 4 is 11.5 Å². The predicted molar refractivity (Wildman–Crippen MR) is 107 cm³/mol. The number of para-hydroxylation sites is 1. The van der Waals surface area contributed by atoms with Crippen molar-refractivity contribution < 1.29 is 5.11 Å². The van der Waals surface area contributed by atoms with Crippen molar-refractivity contribution in [2.75, 3.05) is 23.7 Å². The van der Waals surface area contributed by atoms with E-state index in [9.17, 15) is 5.11 Å². The van der Waals surface area contributed by atoms with Gasteiger partial charge in [0.25, 0.3) is 0 Å². The Morgan fingerprint density at radius 3 is 2.61 bits per heavy atom. The summed E-state index contributed by atoms with van der Waals surface area (Å²) >= 11 is 0. The van der Waals surface area contributed by atoms with Crippen LogP contribution >= 0.6 is 0 Å². The number of hydrogen-bond donors (Lipinski definition) is 3. The quantitative estimate of drug-likeness (QED) is 0.638. The molecule has 1 aromatic carbocycles. The summed E-state index contributed by atoms with van der Waals surface area (Å²) in [7, 11) is 0. The summed E-state index contributed by atoms with van der Waals surface area (Å²) in [4.78, 5) is 4.87. The maximum absolute atomic E-state index is 10.2. The molecule has 2 aromatic heterocycles. The molecule has 0 radical (unpaired) electrons. The number of hydrogen-bond acceptors (Lipinski definition) is 7. The van der Waals surface area contributed by atoms with Gasteiger partial charge >= 0.3 is 0 Å². The first-order chi connectivity index (χ1) is 13.7. The molecule has 2 bridgehead atoms. The van der Waals surface area contributed by atoms with Crippen molar-refractivity contribution in [1.29, 1.82) is 0 Å². The molecular weight excluding hydrogens is 354 g/mol. The zero-order valence-corrected chi connectivity index (χ0v) is 15.5. The highest BCUT2D eigenvalue weighted by Gasteiger charge is 2.40. The Labute approximate surface area is 163 Å². The van der Waals surface area contributed by atoms with Crippen molar-refractivity contribution in [2.45, 2.75) is 31.5 Å². The van der Waals surface area contributed by atoms with Gasteiger partial charge in [0.2, 0.25) is 0 Å². The van der Waals surface area contributed by atoms with Crippen molar-refractivity contribution in [3.05, 3.63) is 48.3 Å². The summed E-state index contributed by atoms with van der Waals surface area (Å²) in [5, 5.41) is 25.7. The summed E-state index contributed by atoms with van der Waals surface area (Å²) in [6.45, 7) is 2.67. The molecule has 4 heterocycles. The minimum Gasteiger partial charge on any atom is -0.507 e. The van der Waals surface area contributed by atoms with Gasteiger partial charge in [-0.2, -0.15) is 5.10 Å². The van der Waals surface area contributed by atoms with Crippen LogP contribution in [0.15, 0.2) is 42.6 Å². The average Bonchev–Trinajstić information content (AvgIpc) is 3.28. The van der Waals surface area contributed by atoms with Crippen LogP contribution < -0.4 is 10.6 Å². The third kappa shape index (κ3) is 2.95. The predicted octanol–water partition coefficient (Wildman–Crippen LogP) is 2.01. The van der Waals surface area contributed by atoms with Crippen molar-refractivity contribution in [3.63, 3.8) is 0 Å². The molecule has 2 aliphatic rings. The number of aromatic amines is 1. The lowest BCUT2D eigenvalue weighted by molar-refractivity contribution is 0.159. The Bertz CT molecular complexity index is 960. The Morgan fingerprint density at radius 2 is 1.89 bits per heavy atom. The van der Waals surface area contributed by atoms with E-state index in [-0.39, 0.29) is 5.75 Å². The SMILES string of the molecule is Nc1nnc(-c2ccccc2O)cc1N1CC2CCC(C1)N2Cc1cc[nH]n1. The molecule has 2 saturated heterocycles. The van der Waals surface area contributed by atoms with Crippen LogP contribution in [-0.2, 0) is 6.54 Å². The molecular formula is C20H23N7O. The zero-order valence-electron chi connectivity index (χ0n) is 15.5. The van der Waals surface area contributed by atoms with Crippen LogP contribution in [0.5, 0.6) is 5.75 Å². The van der Waals surface area contributed by atoms with Crippen LogP contribution in [0.3, 0.4) is 0 Å². The largest absolute Gasteiger partial charge is 0.507 e. The molecule has 8 heteroatoms. The van der Waals surface area contributed by atoms with Gasteiger partial charge < -0.3 is 15.7 Å². The number of aromatic nitrogens is 4. The maximum Gasteiger partial charge on any atom is 0.169 e. The first-order valence-electron chi connectivity index (χ1n) is 9.60. The number of rotatable bonds is 4. The number of benzene rings is 1. The normalized spacial score (nSPS) is 21.9. The van der Waals surface area contributed by atoms with Crippen LogP contribution in [0.25, 0.3) is 11.3 Å². The lowest BCUT2D eigenvalue weighted by Gasteiger charge is -2.42. The number of aromatic hydroxyl groups is 1. The highest BCUT2D eigenvalue weighted by atomic mass is 16.3. The molecule has 3 aromatic rings. The zero-order chi connectivity index (χ0) is 19.1. The Kier molecular flexibility index (Phi) is 4.12. The number of phenols is 1. The Balaban J connectivity index is 1.40. The number of H-pyrrole nitrogens is 1. The molecule has 2 aliphatic heterocycles. The van der Waals surface area contributed by atoms with E-state index in [4.69, 9.17) is 5.73 Å². The number of piperazine rings is 1. The van der Waals surface area contributed by atoms with E-state index in [0.717, 1.165) is 31.0 Å². The molecule has 0 saturated carbocycles. The van der Waals surface area contributed by atoms with Gasteiger partial charge in [0.1, 0.15) is 5.75 Å². The van der Waals surface area contributed by atoms with Crippen molar-refractivity contribution in [1.82, 2.24) is 25.3 Å². The lowest BCUT2D eigenvalue weighted by Crippen LogP contribution is -2.53. The van der Waals surface area contributed by atoms with E-state index in [1.54, 1.807) is 12.1 Å². The topological polar surface area (TPSA) is 107 Å². The number of phenolic OH excluding ortho intramolecular Hbond substituents is 1. The number of nitrogens with one attached hydrogen (secondary N) is 1. The van der Waals surface area contributed by atoms with Crippen molar-refractivity contribution in [2.24, 2.45) is 0 Å². The number of nitrogens with two attached hydrogens (primary N) is 1. The van der Waals surface area contributed by atoms with Gasteiger partial charge in [0.15, 0.2) is 5.82 Å². The minimum absolute atomic E-state index is 0.191. The molecule has 0 aliphatic carbocycles. The number of nitrogen functional groups attached to an aromatic ring is 1. The fourth-order valence-electron chi connectivity index (χ4n) is 4.48. The molecule has 2 atom stereocenters. The molecule has 4 N–H and O–H groups in total. The van der Waals surface area contributed by atoms with Crippen LogP contribution in [0.4, 0.5) is 11.5 Å². The van der Waals surface area contributed by atoms with Crippen LogP contribution in [-0.4, -0.2) is 55.6 Å². The van der Waals surface area contributed by atoms with E-state index in [1.165, 1.54) is 12.8 Å². The Morgan fingerprint density at radius 1 is 1.11 bits per heavy atom. The monoisotopic (exact) mass is 377 g/mol. The molecule has 8 nitrogen and oxygen atoms in total. The van der Waals surface area contributed by atoms with E-state index >= 15 is 0 Å². The van der Waals surface area contributed by atoms with Gasteiger partial charge in [0, 0.05) is 43.5 Å². The summed E-state index contributed by atoms with van der Waals surface area (Å²) in [6, 6.07) is 12.1. The van der Waals surface area contributed by atoms with E-state index in [0.29, 0.717) is 29.2 Å². The van der Waals surface area contributed by atoms with Crippen LogP contribution in [0.1, 0.15) is 18.5 Å². The van der Waals surface area contributed by atoms with Gasteiger partial charge in [-0.25, -0.2) is 0 Å². The van der Waals surface area contributed by atoms with Gasteiger partial charge in [-0.15, -0.1) is 10.2 Å². The van der Waals surface area contributed by atoms with Gasteiger partial charge in [0.05, 0.1) is 17.1 Å². The molecule has 144 valence electrons. The highest BCUT2D eigenvalue weighted by Crippen LogP contribution is 2.37. The number of fused-ring (bicyclic) bond motifs is 2. The first kappa shape index (κ1) is 17.0. The molecule has 5 rings (SSSR count). The summed E-state index contributed by atoms with van der Waals surface area (Å²) in [5.74, 6) is 0.621. The fourth-order valence-corrected chi connectivity index (χ4v) is 4.48. The molecule has 0 amide bonds. The second kappa shape index (κ2) is 6.79. The number of nitrogens with zero attached hydrogens (tertiary/aromatic N) is 5. The smallest absolute Gasteiger partial charge is 0.169 e. The lowest BCUT2D eigenvalue weighted by atomic mass is 10.1. The Hall–Kier alpha value is -3.13. The van der Waals surface area contributed by atoms with Gasteiger partial charge in [-0.1, -0.05) is 12.1 Å². The van der Waals surface area contributed by atoms with Crippen LogP contribution in [0, 0.1) is 0 Å². The maximum atomic E-state index is 10.2. The minimum atomic E-state index is 0.191. The fraction of sp³-hybridized carbons (Fsp3) is 0.350. The van der Waals surface area contributed by atoms with Gasteiger partial charge in [-0.05, 0) is 37.1 Å². The van der Waals surface area contributed by atoms with Crippen LogP contribution in [0.2, 0.25) is 0 Å². The van der Waals surface area contributed by atoms with Crippen molar-refractivity contribution in [3.8, 4) is 17.0 Å². The number of anilines is 2. The second-order valence-electron chi connectivity index (χ2n) is 7.55. The van der Waals surface area contributed by atoms with Gasteiger partial charge in [-0.3, -0.25) is 10.00 Å². The molecule has 28 heavy (non-hydrogen) atoms. The molecule has 2 unspecified atom stereocenters. The highest BCUT2D eigenvalue weighted by molar-refractivity contribution is 5.74. The summed E-state index contributed by atoms with van der Waals surface area (Å²) < 4.78 is 0.